The predicted octanol–water partition coefficient (Wildman–Crippen LogP) is 5.55. The van der Waals surface area contributed by atoms with Crippen LogP contribution in [0.2, 0.25) is 0 Å². The molecule has 2 aromatic carbocycles. The van der Waals surface area contributed by atoms with Crippen LogP contribution in [-0.2, 0) is 35.0 Å². The van der Waals surface area contributed by atoms with Crippen LogP contribution in [0.5, 0.6) is 0 Å². The fourth-order valence-corrected chi connectivity index (χ4v) is 5.46. The highest BCUT2D eigenvalue weighted by atomic mass is 16.7. The summed E-state index contributed by atoms with van der Waals surface area (Å²) in [6, 6.07) is 12.0. The van der Waals surface area contributed by atoms with Crippen LogP contribution < -0.4 is 16.4 Å². The van der Waals surface area contributed by atoms with Gasteiger partial charge < -0.3 is 30.0 Å². The Bertz CT molecular complexity index is 2060. The highest BCUT2D eigenvalue weighted by Crippen LogP contribution is 2.32. The molecule has 3 aromatic rings. The lowest BCUT2D eigenvalue weighted by atomic mass is 9.89. The molecule has 1 unspecified atom stereocenters. The number of carbonyl (C=O) groups is 6. The molecule has 0 bridgehead atoms. The van der Waals surface area contributed by atoms with Gasteiger partial charge in [0.25, 0.3) is 5.91 Å². The first kappa shape index (κ1) is 44.5. The van der Waals surface area contributed by atoms with Crippen molar-refractivity contribution in [1.29, 1.82) is 5.41 Å². The lowest BCUT2D eigenvalue weighted by molar-refractivity contribution is -0.169. The third-order valence-corrected chi connectivity index (χ3v) is 9.20. The minimum atomic E-state index is -1.27. The number of aromatic nitrogens is 1. The monoisotopic (exact) mass is 797 g/mol. The third-order valence-electron chi connectivity index (χ3n) is 9.20. The summed E-state index contributed by atoms with van der Waals surface area (Å²) >= 11 is 0. The number of Topliss-reactive ketones (excluding diaryl/α,β-unsaturated/α-hetero) is 1. The van der Waals surface area contributed by atoms with E-state index < -0.39 is 48.2 Å². The van der Waals surface area contributed by atoms with Crippen LogP contribution in [0.1, 0.15) is 101 Å². The molecule has 0 radical (unpaired) electrons. The van der Waals surface area contributed by atoms with Crippen LogP contribution in [0.25, 0.3) is 17.2 Å². The van der Waals surface area contributed by atoms with Gasteiger partial charge in [-0.05, 0) is 72.1 Å². The summed E-state index contributed by atoms with van der Waals surface area (Å²) in [6.45, 7) is 14.0. The fourth-order valence-electron chi connectivity index (χ4n) is 5.46. The van der Waals surface area contributed by atoms with E-state index in [0.717, 1.165) is 18.4 Å². The molecule has 1 saturated carbocycles. The molecule has 15 nitrogen and oxygen atoms in total. The molecule has 1 aromatic heterocycles. The number of nitrogens with zero attached hydrogens (tertiary/aromatic N) is 1. The Morgan fingerprint density at radius 2 is 1.59 bits per heavy atom. The van der Waals surface area contributed by atoms with Crippen molar-refractivity contribution in [2.45, 2.75) is 73.1 Å². The van der Waals surface area contributed by atoms with Gasteiger partial charge >= 0.3 is 24.0 Å². The van der Waals surface area contributed by atoms with E-state index in [-0.39, 0.29) is 59.7 Å². The fraction of sp³-hybridized carbons (Fsp3) is 0.395. The SMILES string of the molecule is C=Cc1cc(C(=O)Cc2ccc(C(=N)NC(=O)OCCOC(=O)[C@@H](N)C(C)C)cc2)c(-c2ccc(C(=O)NCC3CC3)nc2C(=O)OC(C)OC(=O)C(C)C)cc1C. The second kappa shape index (κ2) is 20.3. The van der Waals surface area contributed by atoms with E-state index in [9.17, 15) is 28.8 Å². The molecule has 0 aliphatic heterocycles. The number of rotatable bonds is 18. The Hall–Kier alpha value is -6.22. The smallest absolute Gasteiger partial charge is 0.412 e. The predicted molar refractivity (Wildman–Crippen MR) is 215 cm³/mol. The molecular weight excluding hydrogens is 746 g/mol. The van der Waals surface area contributed by atoms with E-state index in [4.69, 9.17) is 30.1 Å². The number of nitrogens with two attached hydrogens (primary N) is 1. The zero-order chi connectivity index (χ0) is 42.7. The van der Waals surface area contributed by atoms with Crippen molar-refractivity contribution in [2.75, 3.05) is 19.8 Å². The second-order valence-corrected chi connectivity index (χ2v) is 14.6. The van der Waals surface area contributed by atoms with E-state index in [1.54, 1.807) is 70.2 Å². The Balaban J connectivity index is 1.54. The van der Waals surface area contributed by atoms with Crippen molar-refractivity contribution in [1.82, 2.24) is 15.6 Å². The number of alkyl carbamates (subject to hydrolysis) is 1. The van der Waals surface area contributed by atoms with Crippen molar-refractivity contribution < 1.29 is 47.7 Å². The summed E-state index contributed by atoms with van der Waals surface area (Å²) < 4.78 is 20.7. The summed E-state index contributed by atoms with van der Waals surface area (Å²) in [5, 5.41) is 13.4. The molecule has 2 amide bonds. The average Bonchev–Trinajstić information content (AvgIpc) is 4.02. The number of amidine groups is 1. The van der Waals surface area contributed by atoms with Gasteiger partial charge in [0.15, 0.2) is 11.5 Å². The number of pyridine rings is 1. The van der Waals surface area contributed by atoms with Crippen molar-refractivity contribution in [3.63, 3.8) is 0 Å². The van der Waals surface area contributed by atoms with Gasteiger partial charge in [-0.15, -0.1) is 0 Å². The molecule has 15 heteroatoms. The molecule has 1 aliphatic carbocycles. The first-order chi connectivity index (χ1) is 27.5. The quantitative estimate of drug-likeness (QED) is 0.0237. The molecule has 58 heavy (non-hydrogen) atoms. The first-order valence-corrected chi connectivity index (χ1v) is 19.0. The zero-order valence-electron chi connectivity index (χ0n) is 33.6. The lowest BCUT2D eigenvalue weighted by Crippen LogP contribution is -2.38. The first-order valence-electron chi connectivity index (χ1n) is 19.0. The molecule has 308 valence electrons. The summed E-state index contributed by atoms with van der Waals surface area (Å²) in [4.78, 5) is 81.7. The normalized spacial score (nSPS) is 13.2. The van der Waals surface area contributed by atoms with Crippen molar-refractivity contribution in [3.8, 4) is 11.1 Å². The average molecular weight is 798 g/mol. The van der Waals surface area contributed by atoms with Crippen LogP contribution in [0.15, 0.2) is 55.1 Å². The zero-order valence-corrected chi connectivity index (χ0v) is 33.6. The van der Waals surface area contributed by atoms with E-state index in [1.807, 2.05) is 6.92 Å². The van der Waals surface area contributed by atoms with E-state index in [1.165, 1.54) is 19.1 Å². The maximum atomic E-state index is 14.1. The van der Waals surface area contributed by atoms with Gasteiger partial charge in [0.1, 0.15) is 30.8 Å². The Morgan fingerprint density at radius 3 is 2.21 bits per heavy atom. The minimum Gasteiger partial charge on any atom is -0.461 e. The summed E-state index contributed by atoms with van der Waals surface area (Å²) in [5.41, 5.74) is 8.59. The number of hydrogen-bond donors (Lipinski definition) is 4. The van der Waals surface area contributed by atoms with Gasteiger partial charge in [0.2, 0.25) is 6.29 Å². The van der Waals surface area contributed by atoms with Crippen molar-refractivity contribution >= 4 is 47.6 Å². The number of nitrogens with one attached hydrogen (secondary N) is 3. The molecule has 5 N–H and O–H groups in total. The molecule has 2 atom stereocenters. The maximum absolute atomic E-state index is 14.1. The van der Waals surface area contributed by atoms with Gasteiger partial charge in [-0.2, -0.15) is 0 Å². The summed E-state index contributed by atoms with van der Waals surface area (Å²) in [7, 11) is 0. The molecule has 0 saturated heterocycles. The molecule has 1 heterocycles. The molecule has 1 fully saturated rings. The number of ketones is 1. The Kier molecular flexibility index (Phi) is 15.6. The number of esters is 3. The maximum Gasteiger partial charge on any atom is 0.412 e. The highest BCUT2D eigenvalue weighted by molar-refractivity contribution is 6.08. The standard InChI is InChI=1S/C43H51N5O10/c1-8-29-21-33(35(49)20-27-11-13-30(14-12-27)38(45)48-43(54)56-18-17-55-41(52)36(44)23(2)3)32(19-25(29)6)31-15-16-34(39(50)46-22-28-9-10-28)47-37(31)42(53)58-26(7)57-40(51)24(4)5/h8,11-16,19,21,23-24,26,28,36H,1,9-10,17-18,20,22,44H2,2-7H3,(H,46,50)(H2,45,48,54)/t26?,36-/m0/s1. The van der Waals surface area contributed by atoms with Gasteiger partial charge in [-0.25, -0.2) is 14.6 Å². The second-order valence-electron chi connectivity index (χ2n) is 14.6. The lowest BCUT2D eigenvalue weighted by Gasteiger charge is -2.18. The van der Waals surface area contributed by atoms with E-state index >= 15 is 0 Å². The Labute approximate surface area is 337 Å². The van der Waals surface area contributed by atoms with Crippen LogP contribution in [-0.4, -0.2) is 78.6 Å². The van der Waals surface area contributed by atoms with Gasteiger partial charge in [0, 0.05) is 36.6 Å². The number of amides is 2. The number of carbonyl (C=O) groups excluding carboxylic acids is 6. The topological polar surface area (TPSA) is 226 Å². The number of aryl methyl sites for hydroxylation is 1. The number of benzene rings is 2. The van der Waals surface area contributed by atoms with Crippen LogP contribution in [0, 0.1) is 30.1 Å². The highest BCUT2D eigenvalue weighted by Gasteiger charge is 2.28. The van der Waals surface area contributed by atoms with Crippen LogP contribution in [0.3, 0.4) is 0 Å². The summed E-state index contributed by atoms with van der Waals surface area (Å²) in [5.74, 6) is -3.40. The largest absolute Gasteiger partial charge is 0.461 e. The van der Waals surface area contributed by atoms with E-state index in [0.29, 0.717) is 34.7 Å². The number of ether oxygens (including phenoxy) is 4. The van der Waals surface area contributed by atoms with Gasteiger partial charge in [-0.3, -0.25) is 29.9 Å². The van der Waals surface area contributed by atoms with Gasteiger partial charge in [-0.1, -0.05) is 70.7 Å². The summed E-state index contributed by atoms with van der Waals surface area (Å²) in [6.07, 6.45) is 1.36. The molecular formula is C43H51N5O10. The molecule has 0 spiro atoms. The van der Waals surface area contributed by atoms with E-state index in [2.05, 4.69) is 22.2 Å². The minimum absolute atomic E-state index is 0.0308. The Morgan fingerprint density at radius 1 is 0.914 bits per heavy atom. The van der Waals surface area contributed by atoms with Crippen molar-refractivity contribution in [2.24, 2.45) is 23.5 Å². The molecule has 4 rings (SSSR count). The van der Waals surface area contributed by atoms with Crippen molar-refractivity contribution in [3.05, 3.63) is 94.3 Å². The van der Waals surface area contributed by atoms with Crippen LogP contribution in [0.4, 0.5) is 4.79 Å². The number of hydrogen-bond acceptors (Lipinski definition) is 13. The van der Waals surface area contributed by atoms with Gasteiger partial charge in [0.05, 0.1) is 5.92 Å². The van der Waals surface area contributed by atoms with Crippen LogP contribution >= 0.6 is 0 Å². The third kappa shape index (κ3) is 12.4. The molecule has 1 aliphatic rings.